The molecule has 1 aliphatic rings. The molecule has 0 bridgehead atoms. The fourth-order valence-corrected chi connectivity index (χ4v) is 1.64. The molecular weight excluding hydrogens is 182 g/mol. The lowest BCUT2D eigenvalue weighted by Crippen LogP contribution is -2.55. The Kier molecular flexibility index (Phi) is 3.13. The van der Waals surface area contributed by atoms with E-state index < -0.39 is 11.5 Å². The van der Waals surface area contributed by atoms with Gasteiger partial charge >= 0.3 is 5.97 Å². The first-order valence-corrected chi connectivity index (χ1v) is 4.99. The van der Waals surface area contributed by atoms with Crippen molar-refractivity contribution in [3.8, 4) is 0 Å². The summed E-state index contributed by atoms with van der Waals surface area (Å²) in [6, 6.07) is 0. The lowest BCUT2D eigenvalue weighted by molar-refractivity contribution is -0.140. The summed E-state index contributed by atoms with van der Waals surface area (Å²) >= 11 is 0. The molecule has 2 N–H and O–H groups in total. The lowest BCUT2D eigenvalue weighted by Gasteiger charge is -2.41. The van der Waals surface area contributed by atoms with Crippen molar-refractivity contribution in [2.45, 2.75) is 45.1 Å². The van der Waals surface area contributed by atoms with Crippen molar-refractivity contribution in [2.24, 2.45) is 5.92 Å². The lowest BCUT2D eigenvalue weighted by atomic mass is 9.74. The minimum Gasteiger partial charge on any atom is -0.481 e. The molecule has 0 saturated heterocycles. The van der Waals surface area contributed by atoms with Crippen LogP contribution in [0, 0.1) is 5.92 Å². The average molecular weight is 199 g/mol. The minimum atomic E-state index is -0.839. The fourth-order valence-electron chi connectivity index (χ4n) is 1.64. The number of carboxylic acids is 1. The second-order valence-corrected chi connectivity index (χ2v) is 4.35. The molecular formula is C10H17NO3. The van der Waals surface area contributed by atoms with Crippen LogP contribution < -0.4 is 5.32 Å². The highest BCUT2D eigenvalue weighted by molar-refractivity contribution is 5.80. The SMILES string of the molecule is CC(C)C(=O)NC1(CC(=O)O)CCC1. The third-order valence-electron chi connectivity index (χ3n) is 2.71. The maximum Gasteiger partial charge on any atom is 0.305 e. The van der Waals surface area contributed by atoms with Gasteiger partial charge < -0.3 is 10.4 Å². The highest BCUT2D eigenvalue weighted by Crippen LogP contribution is 2.35. The number of hydrogen-bond donors (Lipinski definition) is 2. The third kappa shape index (κ3) is 2.47. The number of aliphatic carboxylic acids is 1. The molecule has 0 heterocycles. The molecule has 0 aromatic rings. The molecule has 0 spiro atoms. The maximum absolute atomic E-state index is 11.4. The van der Waals surface area contributed by atoms with E-state index in [1.54, 1.807) is 0 Å². The van der Waals surface area contributed by atoms with Gasteiger partial charge in [0.15, 0.2) is 0 Å². The molecule has 0 aliphatic heterocycles. The summed E-state index contributed by atoms with van der Waals surface area (Å²) in [7, 11) is 0. The molecule has 0 unspecified atom stereocenters. The third-order valence-corrected chi connectivity index (χ3v) is 2.71. The van der Waals surface area contributed by atoms with E-state index in [4.69, 9.17) is 5.11 Å². The van der Waals surface area contributed by atoms with Crippen molar-refractivity contribution < 1.29 is 14.7 Å². The van der Waals surface area contributed by atoms with E-state index in [0.29, 0.717) is 0 Å². The molecule has 1 rings (SSSR count). The molecule has 0 aromatic heterocycles. The first kappa shape index (κ1) is 11.0. The van der Waals surface area contributed by atoms with Crippen LogP contribution in [0.25, 0.3) is 0 Å². The van der Waals surface area contributed by atoms with E-state index >= 15 is 0 Å². The Morgan fingerprint density at radius 1 is 1.43 bits per heavy atom. The van der Waals surface area contributed by atoms with Crippen LogP contribution in [0.2, 0.25) is 0 Å². The van der Waals surface area contributed by atoms with E-state index in [0.717, 1.165) is 19.3 Å². The van der Waals surface area contributed by atoms with Crippen LogP contribution in [-0.4, -0.2) is 22.5 Å². The predicted octanol–water partition coefficient (Wildman–Crippen LogP) is 1.16. The van der Waals surface area contributed by atoms with Gasteiger partial charge in [-0.2, -0.15) is 0 Å². The molecule has 0 atom stereocenters. The van der Waals surface area contributed by atoms with Crippen LogP contribution in [0.15, 0.2) is 0 Å². The fraction of sp³-hybridized carbons (Fsp3) is 0.800. The molecule has 1 saturated carbocycles. The Balaban J connectivity index is 2.53. The van der Waals surface area contributed by atoms with Gasteiger partial charge in [0, 0.05) is 5.92 Å². The van der Waals surface area contributed by atoms with Crippen molar-refractivity contribution >= 4 is 11.9 Å². The van der Waals surface area contributed by atoms with Crippen LogP contribution in [0.1, 0.15) is 39.5 Å². The van der Waals surface area contributed by atoms with Crippen LogP contribution in [0.3, 0.4) is 0 Å². The van der Waals surface area contributed by atoms with Crippen molar-refractivity contribution in [1.29, 1.82) is 0 Å². The largest absolute Gasteiger partial charge is 0.481 e. The summed E-state index contributed by atoms with van der Waals surface area (Å²) in [5.74, 6) is -0.971. The Hall–Kier alpha value is -1.06. The topological polar surface area (TPSA) is 66.4 Å². The molecule has 1 amide bonds. The van der Waals surface area contributed by atoms with Crippen LogP contribution in [0.4, 0.5) is 0 Å². The second kappa shape index (κ2) is 3.98. The molecule has 1 aliphatic carbocycles. The van der Waals surface area contributed by atoms with Gasteiger partial charge in [0.25, 0.3) is 0 Å². The molecule has 14 heavy (non-hydrogen) atoms. The van der Waals surface area contributed by atoms with Crippen molar-refractivity contribution in [3.05, 3.63) is 0 Å². The van der Waals surface area contributed by atoms with E-state index in [9.17, 15) is 9.59 Å². The average Bonchev–Trinajstić information content (AvgIpc) is 1.99. The summed E-state index contributed by atoms with van der Waals surface area (Å²) < 4.78 is 0. The van der Waals surface area contributed by atoms with Crippen molar-refractivity contribution in [2.75, 3.05) is 0 Å². The van der Waals surface area contributed by atoms with Crippen LogP contribution >= 0.6 is 0 Å². The number of rotatable bonds is 4. The van der Waals surface area contributed by atoms with Gasteiger partial charge in [0.2, 0.25) is 5.91 Å². The van der Waals surface area contributed by atoms with Gasteiger partial charge in [-0.05, 0) is 19.3 Å². The van der Waals surface area contributed by atoms with Gasteiger partial charge in [0.1, 0.15) is 0 Å². The Bertz CT molecular complexity index is 244. The summed E-state index contributed by atoms with van der Waals surface area (Å²) in [5, 5.41) is 11.6. The number of carboxylic acid groups (broad SMARTS) is 1. The molecule has 1 fully saturated rings. The Morgan fingerprint density at radius 3 is 2.29 bits per heavy atom. The molecule has 80 valence electrons. The molecule has 0 radical (unpaired) electrons. The number of nitrogens with one attached hydrogen (secondary N) is 1. The number of amides is 1. The Labute approximate surface area is 83.7 Å². The van der Waals surface area contributed by atoms with Crippen LogP contribution in [0.5, 0.6) is 0 Å². The maximum atomic E-state index is 11.4. The van der Waals surface area contributed by atoms with Crippen molar-refractivity contribution in [3.63, 3.8) is 0 Å². The highest BCUT2D eigenvalue weighted by atomic mass is 16.4. The van der Waals surface area contributed by atoms with E-state index in [-0.39, 0.29) is 18.2 Å². The van der Waals surface area contributed by atoms with E-state index in [1.807, 2.05) is 13.8 Å². The van der Waals surface area contributed by atoms with Gasteiger partial charge in [-0.3, -0.25) is 9.59 Å². The zero-order valence-electron chi connectivity index (χ0n) is 8.67. The van der Waals surface area contributed by atoms with E-state index in [2.05, 4.69) is 5.32 Å². The predicted molar refractivity (Wildman–Crippen MR) is 51.8 cm³/mol. The zero-order valence-corrected chi connectivity index (χ0v) is 8.67. The summed E-state index contributed by atoms with van der Waals surface area (Å²) in [6.45, 7) is 3.62. The number of carbonyl (C=O) groups is 2. The van der Waals surface area contributed by atoms with E-state index in [1.165, 1.54) is 0 Å². The van der Waals surface area contributed by atoms with Gasteiger partial charge in [-0.15, -0.1) is 0 Å². The van der Waals surface area contributed by atoms with Gasteiger partial charge in [-0.1, -0.05) is 13.8 Å². The standard InChI is InChI=1S/C10H17NO3/c1-7(2)9(14)11-10(4-3-5-10)6-8(12)13/h7H,3-6H2,1-2H3,(H,11,14)(H,12,13). The summed E-state index contributed by atoms with van der Waals surface area (Å²) in [5.41, 5.74) is -0.451. The highest BCUT2D eigenvalue weighted by Gasteiger charge is 2.40. The quantitative estimate of drug-likeness (QED) is 0.714. The molecule has 4 heteroatoms. The van der Waals surface area contributed by atoms with Crippen LogP contribution in [-0.2, 0) is 9.59 Å². The first-order chi connectivity index (χ1) is 6.45. The smallest absolute Gasteiger partial charge is 0.305 e. The zero-order chi connectivity index (χ0) is 10.8. The monoisotopic (exact) mass is 199 g/mol. The second-order valence-electron chi connectivity index (χ2n) is 4.35. The Morgan fingerprint density at radius 2 is 2.00 bits per heavy atom. The van der Waals surface area contributed by atoms with Gasteiger partial charge in [-0.25, -0.2) is 0 Å². The summed E-state index contributed by atoms with van der Waals surface area (Å²) in [6.07, 6.45) is 2.63. The summed E-state index contributed by atoms with van der Waals surface area (Å²) in [4.78, 5) is 22.0. The molecule has 4 nitrogen and oxygen atoms in total. The normalized spacial score (nSPS) is 18.8. The minimum absolute atomic E-state index is 0.0471. The number of hydrogen-bond acceptors (Lipinski definition) is 2. The van der Waals surface area contributed by atoms with Crippen molar-refractivity contribution in [1.82, 2.24) is 5.32 Å². The number of carbonyl (C=O) groups excluding carboxylic acids is 1. The molecule has 0 aromatic carbocycles. The first-order valence-electron chi connectivity index (χ1n) is 4.99. The van der Waals surface area contributed by atoms with Gasteiger partial charge in [0.05, 0.1) is 12.0 Å².